The second kappa shape index (κ2) is 6.26. The van der Waals surface area contributed by atoms with Crippen LogP contribution in [0.25, 0.3) is 0 Å². The molecule has 1 heterocycles. The van der Waals surface area contributed by atoms with E-state index in [1.165, 1.54) is 11.1 Å². The Labute approximate surface area is 152 Å². The predicted molar refractivity (Wildman–Crippen MR) is 96.4 cm³/mol. The quantitative estimate of drug-likeness (QED) is 0.900. The van der Waals surface area contributed by atoms with E-state index in [1.807, 2.05) is 18.2 Å². The van der Waals surface area contributed by atoms with E-state index in [-0.39, 0.29) is 17.9 Å². The van der Waals surface area contributed by atoms with E-state index in [2.05, 4.69) is 23.5 Å². The Hall–Kier alpha value is -2.20. The smallest absolute Gasteiger partial charge is 0.220 e. The van der Waals surface area contributed by atoms with Gasteiger partial charge in [-0.25, -0.2) is 0 Å². The van der Waals surface area contributed by atoms with Gasteiger partial charge in [0.15, 0.2) is 11.5 Å². The fourth-order valence-corrected chi connectivity index (χ4v) is 4.39. The maximum atomic E-state index is 12.0. The number of carbonyl (C=O) groups excluding carboxylic acids is 1. The molecule has 1 N–H and O–H groups in total. The van der Waals surface area contributed by atoms with Crippen LogP contribution < -0.4 is 14.8 Å². The monoisotopic (exact) mass is 357 g/mol. The second-order valence-corrected chi connectivity index (χ2v) is 7.05. The summed E-state index contributed by atoms with van der Waals surface area (Å²) in [6.07, 6.45) is 1.43. The standard InChI is InChI=1S/C20H20ClNO3/c1-24-16-9-14-15(10-17(16)25-2)20-13(7-8-18(23)22-20)19(14)11-3-5-12(21)6-4-11/h3-6,9-10,13,19-20H,7-8H2,1-2H3,(H,22,23)/t13-,19?,20+/m1/s1. The first-order chi connectivity index (χ1) is 12.1. The largest absolute Gasteiger partial charge is 0.493 e. The summed E-state index contributed by atoms with van der Waals surface area (Å²) in [5.41, 5.74) is 3.52. The Bertz CT molecular complexity index is 818. The molecule has 2 aliphatic rings. The topological polar surface area (TPSA) is 47.6 Å². The SMILES string of the molecule is COc1cc2c(cc1OC)[C@H]1NC(=O)CC[C@@H]1C2c1ccc(Cl)cc1. The van der Waals surface area contributed by atoms with Crippen molar-refractivity contribution in [2.75, 3.05) is 14.2 Å². The molecule has 0 saturated carbocycles. The molecule has 0 spiro atoms. The van der Waals surface area contributed by atoms with Gasteiger partial charge in [0.1, 0.15) is 0 Å². The van der Waals surface area contributed by atoms with Gasteiger partial charge in [-0.15, -0.1) is 0 Å². The van der Waals surface area contributed by atoms with Gasteiger partial charge in [-0.1, -0.05) is 23.7 Å². The highest BCUT2D eigenvalue weighted by Crippen LogP contribution is 2.54. The number of hydrogen-bond donors (Lipinski definition) is 1. The summed E-state index contributed by atoms with van der Waals surface area (Å²) in [5, 5.41) is 3.90. The predicted octanol–water partition coefficient (Wildman–Crippen LogP) is 4.07. The van der Waals surface area contributed by atoms with E-state index < -0.39 is 0 Å². The first-order valence-electron chi connectivity index (χ1n) is 8.43. The number of ether oxygens (including phenoxy) is 2. The lowest BCUT2D eigenvalue weighted by Crippen LogP contribution is -2.37. The van der Waals surface area contributed by atoms with Crippen LogP contribution in [0.5, 0.6) is 11.5 Å². The van der Waals surface area contributed by atoms with E-state index in [0.717, 1.165) is 17.0 Å². The van der Waals surface area contributed by atoms with Crippen molar-refractivity contribution in [3.8, 4) is 11.5 Å². The molecule has 0 bridgehead atoms. The third-order valence-corrected chi connectivity index (χ3v) is 5.62. The highest BCUT2D eigenvalue weighted by Gasteiger charge is 2.45. The van der Waals surface area contributed by atoms with Gasteiger partial charge in [0.2, 0.25) is 5.91 Å². The van der Waals surface area contributed by atoms with Crippen molar-refractivity contribution in [1.29, 1.82) is 0 Å². The summed E-state index contributed by atoms with van der Waals surface area (Å²) in [6, 6.07) is 12.1. The molecule has 4 nitrogen and oxygen atoms in total. The summed E-state index contributed by atoms with van der Waals surface area (Å²) in [7, 11) is 3.28. The van der Waals surface area contributed by atoms with Crippen LogP contribution in [-0.2, 0) is 4.79 Å². The molecule has 1 aliphatic heterocycles. The minimum atomic E-state index is 0.0109. The summed E-state index contributed by atoms with van der Waals surface area (Å²) >= 11 is 6.07. The van der Waals surface area contributed by atoms with Gasteiger partial charge in [0.25, 0.3) is 0 Å². The number of benzene rings is 2. The van der Waals surface area contributed by atoms with Crippen molar-refractivity contribution in [3.05, 3.63) is 58.1 Å². The number of nitrogens with one attached hydrogen (secondary N) is 1. The number of halogens is 1. The van der Waals surface area contributed by atoms with Crippen LogP contribution in [0.4, 0.5) is 0 Å². The molecule has 3 atom stereocenters. The average Bonchev–Trinajstić information content (AvgIpc) is 2.94. The number of carbonyl (C=O) groups is 1. The first kappa shape index (κ1) is 16.3. The molecule has 0 radical (unpaired) electrons. The molecule has 0 aromatic heterocycles. The lowest BCUT2D eigenvalue weighted by atomic mass is 9.80. The van der Waals surface area contributed by atoms with Gasteiger partial charge < -0.3 is 14.8 Å². The molecule has 1 amide bonds. The van der Waals surface area contributed by atoms with Crippen LogP contribution in [0.15, 0.2) is 36.4 Å². The van der Waals surface area contributed by atoms with Crippen molar-refractivity contribution in [1.82, 2.24) is 5.32 Å². The molecule has 2 aromatic carbocycles. The van der Waals surface area contributed by atoms with Gasteiger partial charge in [-0.05, 0) is 53.3 Å². The molecule has 4 rings (SSSR count). The molecular formula is C20H20ClNO3. The molecule has 25 heavy (non-hydrogen) atoms. The van der Waals surface area contributed by atoms with E-state index in [4.69, 9.17) is 21.1 Å². The van der Waals surface area contributed by atoms with Gasteiger partial charge >= 0.3 is 0 Å². The molecule has 1 aliphatic carbocycles. The zero-order chi connectivity index (χ0) is 17.6. The Morgan fingerprint density at radius 3 is 2.32 bits per heavy atom. The van der Waals surface area contributed by atoms with Crippen LogP contribution in [-0.4, -0.2) is 20.1 Å². The van der Waals surface area contributed by atoms with Crippen molar-refractivity contribution < 1.29 is 14.3 Å². The third kappa shape index (κ3) is 2.65. The number of amides is 1. The lowest BCUT2D eigenvalue weighted by Gasteiger charge is -2.30. The lowest BCUT2D eigenvalue weighted by molar-refractivity contribution is -0.124. The van der Waals surface area contributed by atoms with Crippen LogP contribution >= 0.6 is 11.6 Å². The highest BCUT2D eigenvalue weighted by atomic mass is 35.5. The molecule has 5 heteroatoms. The maximum Gasteiger partial charge on any atom is 0.220 e. The van der Waals surface area contributed by atoms with Gasteiger partial charge in [-0.2, -0.15) is 0 Å². The minimum absolute atomic E-state index is 0.0109. The summed E-state index contributed by atoms with van der Waals surface area (Å²) in [5.74, 6) is 2.05. The van der Waals surface area contributed by atoms with Gasteiger partial charge in [0, 0.05) is 17.4 Å². The normalized spacial score (nSPS) is 24.3. The zero-order valence-corrected chi connectivity index (χ0v) is 15.0. The van der Waals surface area contributed by atoms with E-state index >= 15 is 0 Å². The zero-order valence-electron chi connectivity index (χ0n) is 14.2. The van der Waals surface area contributed by atoms with Crippen molar-refractivity contribution in [2.24, 2.45) is 5.92 Å². The average molecular weight is 358 g/mol. The van der Waals surface area contributed by atoms with Crippen molar-refractivity contribution in [3.63, 3.8) is 0 Å². The molecule has 2 aromatic rings. The number of fused-ring (bicyclic) bond motifs is 3. The minimum Gasteiger partial charge on any atom is -0.493 e. The molecule has 1 unspecified atom stereocenters. The van der Waals surface area contributed by atoms with E-state index in [1.54, 1.807) is 14.2 Å². The molecule has 1 saturated heterocycles. The number of piperidine rings is 1. The maximum absolute atomic E-state index is 12.0. The molecule has 1 fully saturated rings. The van der Waals surface area contributed by atoms with Crippen LogP contribution in [0.2, 0.25) is 5.02 Å². The van der Waals surface area contributed by atoms with Crippen LogP contribution in [0.1, 0.15) is 41.5 Å². The fourth-order valence-electron chi connectivity index (χ4n) is 4.26. The van der Waals surface area contributed by atoms with E-state index in [0.29, 0.717) is 23.8 Å². The van der Waals surface area contributed by atoms with Gasteiger partial charge in [-0.3, -0.25) is 4.79 Å². The number of methoxy groups -OCH3 is 2. The van der Waals surface area contributed by atoms with Crippen molar-refractivity contribution >= 4 is 17.5 Å². The summed E-state index contributed by atoms with van der Waals surface area (Å²) in [6.45, 7) is 0. The van der Waals surface area contributed by atoms with Crippen LogP contribution in [0, 0.1) is 5.92 Å². The summed E-state index contributed by atoms with van der Waals surface area (Å²) in [4.78, 5) is 12.0. The Kier molecular flexibility index (Phi) is 4.08. The van der Waals surface area contributed by atoms with Crippen LogP contribution in [0.3, 0.4) is 0 Å². The first-order valence-corrected chi connectivity index (χ1v) is 8.81. The summed E-state index contributed by atoms with van der Waals surface area (Å²) < 4.78 is 11.0. The van der Waals surface area contributed by atoms with Crippen molar-refractivity contribution in [2.45, 2.75) is 24.8 Å². The number of hydrogen-bond acceptors (Lipinski definition) is 3. The molecular weight excluding hydrogens is 338 g/mol. The van der Waals surface area contributed by atoms with E-state index in [9.17, 15) is 4.79 Å². The fraction of sp³-hybridized carbons (Fsp3) is 0.350. The Morgan fingerprint density at radius 2 is 1.68 bits per heavy atom. The Balaban J connectivity index is 1.87. The molecule has 130 valence electrons. The highest BCUT2D eigenvalue weighted by molar-refractivity contribution is 6.30. The second-order valence-electron chi connectivity index (χ2n) is 6.61. The number of rotatable bonds is 3. The Morgan fingerprint density at radius 1 is 1.04 bits per heavy atom. The third-order valence-electron chi connectivity index (χ3n) is 5.37. The van der Waals surface area contributed by atoms with Gasteiger partial charge in [0.05, 0.1) is 20.3 Å².